The normalized spacial score (nSPS) is 13.4. The number of aryl methyl sites for hydroxylation is 2. The van der Waals surface area contributed by atoms with Gasteiger partial charge in [-0.2, -0.15) is 5.10 Å². The van der Waals surface area contributed by atoms with E-state index >= 15 is 0 Å². The molecule has 0 amide bonds. The number of rotatable bonds is 5. The molecule has 0 radical (unpaired) electrons. The Labute approximate surface area is 179 Å². The van der Waals surface area contributed by atoms with Gasteiger partial charge in [-0.1, -0.05) is 30.0 Å². The SMILES string of the molecule is Cc1nn(-c2cc(SCc3nc(-c4ccccc4)oc3C)ncn2)c2c1CCCC2. The van der Waals surface area contributed by atoms with Crippen molar-refractivity contribution in [3.8, 4) is 17.3 Å². The molecular formula is C23H23N5OS. The van der Waals surface area contributed by atoms with Gasteiger partial charge in [0.15, 0.2) is 5.82 Å². The van der Waals surface area contributed by atoms with Gasteiger partial charge in [0.1, 0.15) is 17.1 Å². The van der Waals surface area contributed by atoms with Gasteiger partial charge in [0, 0.05) is 23.1 Å². The van der Waals surface area contributed by atoms with Crippen molar-refractivity contribution >= 4 is 11.8 Å². The number of fused-ring (bicyclic) bond motifs is 1. The first-order valence-corrected chi connectivity index (χ1v) is 11.2. The molecule has 0 saturated carbocycles. The molecule has 152 valence electrons. The number of hydrogen-bond acceptors (Lipinski definition) is 6. The van der Waals surface area contributed by atoms with Crippen LogP contribution in [0.4, 0.5) is 0 Å². The Kier molecular flexibility index (Phi) is 5.12. The fourth-order valence-corrected chi connectivity index (χ4v) is 4.77. The summed E-state index contributed by atoms with van der Waals surface area (Å²) in [7, 11) is 0. The van der Waals surface area contributed by atoms with Gasteiger partial charge in [0.2, 0.25) is 5.89 Å². The van der Waals surface area contributed by atoms with Crippen molar-refractivity contribution < 1.29 is 4.42 Å². The number of oxazole rings is 1. The summed E-state index contributed by atoms with van der Waals surface area (Å²) in [4.78, 5) is 13.6. The second-order valence-corrected chi connectivity index (χ2v) is 8.52. The topological polar surface area (TPSA) is 69.6 Å². The van der Waals surface area contributed by atoms with Crippen LogP contribution in [0.2, 0.25) is 0 Å². The van der Waals surface area contributed by atoms with Crippen LogP contribution in [0, 0.1) is 13.8 Å². The van der Waals surface area contributed by atoms with E-state index < -0.39 is 0 Å². The lowest BCUT2D eigenvalue weighted by Gasteiger charge is -2.13. The predicted octanol–water partition coefficient (Wildman–Crippen LogP) is 5.11. The maximum atomic E-state index is 5.88. The zero-order chi connectivity index (χ0) is 20.5. The van der Waals surface area contributed by atoms with Crippen LogP contribution in [0.5, 0.6) is 0 Å². The second-order valence-electron chi connectivity index (χ2n) is 7.52. The van der Waals surface area contributed by atoms with E-state index in [1.807, 2.05) is 48.0 Å². The van der Waals surface area contributed by atoms with E-state index in [-0.39, 0.29) is 0 Å². The van der Waals surface area contributed by atoms with Gasteiger partial charge in [0.05, 0.1) is 11.4 Å². The van der Waals surface area contributed by atoms with Gasteiger partial charge in [-0.3, -0.25) is 0 Å². The molecule has 1 aromatic carbocycles. The molecule has 6 nitrogen and oxygen atoms in total. The number of nitrogens with zero attached hydrogens (tertiary/aromatic N) is 5. The number of benzene rings is 1. The summed E-state index contributed by atoms with van der Waals surface area (Å²) < 4.78 is 7.88. The molecule has 0 saturated heterocycles. The van der Waals surface area contributed by atoms with Crippen LogP contribution in [-0.4, -0.2) is 24.7 Å². The van der Waals surface area contributed by atoms with Gasteiger partial charge in [-0.05, 0) is 57.2 Å². The molecule has 30 heavy (non-hydrogen) atoms. The second kappa shape index (κ2) is 8.07. The van der Waals surface area contributed by atoms with E-state index in [4.69, 9.17) is 9.52 Å². The van der Waals surface area contributed by atoms with Crippen molar-refractivity contribution in [2.24, 2.45) is 0 Å². The Balaban J connectivity index is 1.36. The zero-order valence-electron chi connectivity index (χ0n) is 17.1. The maximum absolute atomic E-state index is 5.88. The number of hydrogen-bond donors (Lipinski definition) is 0. The van der Waals surface area contributed by atoms with Crippen LogP contribution in [-0.2, 0) is 18.6 Å². The van der Waals surface area contributed by atoms with Crippen molar-refractivity contribution in [3.05, 3.63) is 71.1 Å². The molecular weight excluding hydrogens is 394 g/mol. The molecule has 5 rings (SSSR count). The summed E-state index contributed by atoms with van der Waals surface area (Å²) in [5.41, 5.74) is 5.73. The van der Waals surface area contributed by atoms with Crippen molar-refractivity contribution in [1.29, 1.82) is 0 Å². The monoisotopic (exact) mass is 417 g/mol. The molecule has 0 spiro atoms. The minimum absolute atomic E-state index is 0.658. The molecule has 3 aromatic heterocycles. The smallest absolute Gasteiger partial charge is 0.226 e. The summed E-state index contributed by atoms with van der Waals surface area (Å²) in [6.07, 6.45) is 6.24. The van der Waals surface area contributed by atoms with E-state index in [1.54, 1.807) is 18.1 Å². The van der Waals surface area contributed by atoms with E-state index in [2.05, 4.69) is 21.9 Å². The number of aromatic nitrogens is 5. The van der Waals surface area contributed by atoms with Crippen molar-refractivity contribution in [2.45, 2.75) is 50.3 Å². The van der Waals surface area contributed by atoms with Gasteiger partial charge < -0.3 is 4.42 Å². The standard InChI is InChI=1S/C23H23N5OS/c1-15-18-10-6-7-11-20(18)28(27-15)21-12-22(25-14-24-21)30-13-19-16(2)29-23(26-19)17-8-4-3-5-9-17/h3-5,8-9,12,14H,6-7,10-11,13H2,1-2H3. The van der Waals surface area contributed by atoms with Gasteiger partial charge in [-0.25, -0.2) is 19.6 Å². The third-order valence-corrected chi connectivity index (χ3v) is 6.43. The summed E-state index contributed by atoms with van der Waals surface area (Å²) in [6, 6.07) is 12.0. The summed E-state index contributed by atoms with van der Waals surface area (Å²) >= 11 is 1.63. The summed E-state index contributed by atoms with van der Waals surface area (Å²) in [5.74, 6) is 3.02. The Morgan fingerprint density at radius 1 is 1.07 bits per heavy atom. The minimum atomic E-state index is 0.658. The highest BCUT2D eigenvalue weighted by Crippen LogP contribution is 2.29. The molecule has 3 heterocycles. The molecule has 0 atom stereocenters. The van der Waals surface area contributed by atoms with Crippen LogP contribution < -0.4 is 0 Å². The Morgan fingerprint density at radius 3 is 2.77 bits per heavy atom. The lowest BCUT2D eigenvalue weighted by atomic mass is 9.96. The first-order valence-electron chi connectivity index (χ1n) is 10.2. The van der Waals surface area contributed by atoms with Gasteiger partial charge in [-0.15, -0.1) is 0 Å². The molecule has 0 aliphatic heterocycles. The Bertz CT molecular complexity index is 1180. The maximum Gasteiger partial charge on any atom is 0.226 e. The molecule has 7 heteroatoms. The summed E-state index contributed by atoms with van der Waals surface area (Å²) in [6.45, 7) is 4.05. The lowest BCUT2D eigenvalue weighted by Crippen LogP contribution is -2.09. The highest BCUT2D eigenvalue weighted by atomic mass is 32.2. The third kappa shape index (κ3) is 3.65. The van der Waals surface area contributed by atoms with Crippen LogP contribution in [0.15, 0.2) is 52.2 Å². The molecule has 0 bridgehead atoms. The van der Waals surface area contributed by atoms with Crippen molar-refractivity contribution in [1.82, 2.24) is 24.7 Å². The van der Waals surface area contributed by atoms with Gasteiger partial charge >= 0.3 is 0 Å². The van der Waals surface area contributed by atoms with Crippen molar-refractivity contribution in [2.75, 3.05) is 0 Å². The highest BCUT2D eigenvalue weighted by Gasteiger charge is 2.20. The lowest BCUT2D eigenvalue weighted by molar-refractivity contribution is 0.540. The number of thioether (sulfide) groups is 1. The van der Waals surface area contributed by atoms with E-state index in [0.29, 0.717) is 11.6 Å². The van der Waals surface area contributed by atoms with Crippen LogP contribution >= 0.6 is 11.8 Å². The van der Waals surface area contributed by atoms with Crippen molar-refractivity contribution in [3.63, 3.8) is 0 Å². The molecule has 1 aliphatic rings. The quantitative estimate of drug-likeness (QED) is 0.332. The first-order chi connectivity index (χ1) is 14.7. The first kappa shape index (κ1) is 19.1. The fourth-order valence-electron chi connectivity index (χ4n) is 3.91. The van der Waals surface area contributed by atoms with E-state index in [9.17, 15) is 0 Å². The summed E-state index contributed by atoms with van der Waals surface area (Å²) in [5, 5.41) is 5.67. The largest absolute Gasteiger partial charge is 0.441 e. The van der Waals surface area contributed by atoms with E-state index in [1.165, 1.54) is 24.1 Å². The minimum Gasteiger partial charge on any atom is -0.441 e. The average Bonchev–Trinajstić information content (AvgIpc) is 3.33. The molecule has 0 fully saturated rings. The molecule has 1 aliphatic carbocycles. The fraction of sp³-hybridized carbons (Fsp3) is 0.304. The van der Waals surface area contributed by atoms with Gasteiger partial charge in [0.25, 0.3) is 0 Å². The zero-order valence-corrected chi connectivity index (χ0v) is 17.9. The molecule has 0 N–H and O–H groups in total. The molecule has 0 unspecified atom stereocenters. The molecule has 4 aromatic rings. The van der Waals surface area contributed by atoms with Crippen LogP contribution in [0.3, 0.4) is 0 Å². The third-order valence-electron chi connectivity index (χ3n) is 5.50. The van der Waals surface area contributed by atoms with E-state index in [0.717, 1.165) is 46.4 Å². The van der Waals surface area contributed by atoms with Crippen LogP contribution in [0.1, 0.15) is 41.2 Å². The van der Waals surface area contributed by atoms with Crippen LogP contribution in [0.25, 0.3) is 17.3 Å². The Morgan fingerprint density at radius 2 is 1.90 bits per heavy atom. The highest BCUT2D eigenvalue weighted by molar-refractivity contribution is 7.98. The Hall–Kier alpha value is -2.93. The average molecular weight is 418 g/mol. The predicted molar refractivity (Wildman–Crippen MR) is 117 cm³/mol.